The van der Waals surface area contributed by atoms with E-state index in [9.17, 15) is 14.7 Å². The highest BCUT2D eigenvalue weighted by Crippen LogP contribution is 2.26. The van der Waals surface area contributed by atoms with Crippen molar-refractivity contribution in [3.05, 3.63) is 78.2 Å². The van der Waals surface area contributed by atoms with Crippen LogP contribution in [0.15, 0.2) is 67.0 Å². The average molecular weight is 485 g/mol. The van der Waals surface area contributed by atoms with Crippen molar-refractivity contribution < 1.29 is 14.7 Å². The third-order valence-corrected chi connectivity index (χ3v) is 6.33. The lowest BCUT2D eigenvalue weighted by Gasteiger charge is -2.14. The van der Waals surface area contributed by atoms with E-state index in [2.05, 4.69) is 27.2 Å². The molecule has 0 aliphatic rings. The Morgan fingerprint density at radius 3 is 2.42 bits per heavy atom. The first-order valence-electron chi connectivity index (χ1n) is 12.4. The quantitative estimate of drug-likeness (QED) is 0.155. The Kier molecular flexibility index (Phi) is 8.13. The van der Waals surface area contributed by atoms with Crippen LogP contribution in [0.5, 0.6) is 0 Å². The van der Waals surface area contributed by atoms with Crippen molar-refractivity contribution in [1.82, 2.24) is 20.3 Å². The van der Waals surface area contributed by atoms with Crippen molar-refractivity contribution in [3.8, 4) is 0 Å². The first kappa shape index (κ1) is 25.1. The lowest BCUT2D eigenvalue weighted by molar-refractivity contribution is -0.139. The minimum absolute atomic E-state index is 0.0165. The van der Waals surface area contributed by atoms with Crippen molar-refractivity contribution in [3.63, 3.8) is 0 Å². The predicted molar refractivity (Wildman–Crippen MR) is 145 cm³/mol. The highest BCUT2D eigenvalue weighted by Gasteiger charge is 2.18. The number of pyridine rings is 1. The molecule has 0 saturated carbocycles. The molecule has 0 spiro atoms. The molecule has 5 rings (SSSR count). The van der Waals surface area contributed by atoms with E-state index in [1.54, 1.807) is 6.20 Å². The van der Waals surface area contributed by atoms with Gasteiger partial charge in [-0.3, -0.25) is 14.6 Å². The van der Waals surface area contributed by atoms with Crippen molar-refractivity contribution in [2.24, 2.45) is 0 Å². The topological polar surface area (TPSA) is 111 Å². The van der Waals surface area contributed by atoms with Gasteiger partial charge in [0.2, 0.25) is 0 Å². The summed E-state index contributed by atoms with van der Waals surface area (Å²) < 4.78 is 0. The first-order valence-corrected chi connectivity index (χ1v) is 12.4. The van der Waals surface area contributed by atoms with Gasteiger partial charge in [0.05, 0.1) is 5.52 Å². The number of nitrogens with one attached hydrogen (secondary N) is 3. The fraction of sp³-hybridized carbons (Fsp3) is 0.276. The second kappa shape index (κ2) is 11.6. The molecule has 36 heavy (non-hydrogen) atoms. The van der Waals surface area contributed by atoms with Crippen LogP contribution in [0.3, 0.4) is 0 Å². The number of carbonyl (C=O) groups excluding carboxylic acids is 1. The minimum atomic E-state index is -0.785. The van der Waals surface area contributed by atoms with E-state index in [4.69, 9.17) is 0 Å². The molecule has 0 saturated heterocycles. The van der Waals surface area contributed by atoms with Gasteiger partial charge in [-0.2, -0.15) is 0 Å². The summed E-state index contributed by atoms with van der Waals surface area (Å²) in [6.45, 7) is 4.43. The maximum absolute atomic E-state index is 11.5. The molecule has 7 nitrogen and oxygen atoms in total. The summed E-state index contributed by atoms with van der Waals surface area (Å²) in [5.41, 5.74) is 4.48. The van der Waals surface area contributed by atoms with Gasteiger partial charge in [0.1, 0.15) is 11.7 Å². The molecule has 7 heteroatoms. The van der Waals surface area contributed by atoms with Gasteiger partial charge in [-0.1, -0.05) is 56.2 Å². The standard InChI is InChI=1S/C16H22N2O2.C13H10N2O/c1-2-3-6-9-17-15(16(19)20)10-12-11-18-14-8-5-4-7-13(12)14;1-8(16)12-13-10(6-7-14-12)9-4-2-3-5-11(9)15-13/h4-5,7-8,11,15,17-18H,2-3,6,9-10H2,1H3,(H,19,20);2-7,15H,1H3. The van der Waals surface area contributed by atoms with E-state index in [0.717, 1.165) is 64.1 Å². The molecule has 5 aromatic rings. The van der Waals surface area contributed by atoms with E-state index in [0.29, 0.717) is 12.1 Å². The molecule has 0 aliphatic heterocycles. The van der Waals surface area contributed by atoms with Gasteiger partial charge in [-0.05, 0) is 36.7 Å². The molecule has 0 fully saturated rings. The Bertz CT molecular complexity index is 1480. The maximum Gasteiger partial charge on any atom is 0.321 e. The zero-order valence-corrected chi connectivity index (χ0v) is 20.7. The van der Waals surface area contributed by atoms with Crippen LogP contribution in [-0.4, -0.2) is 44.4 Å². The molecule has 0 aliphatic carbocycles. The number of carboxylic acids is 1. The molecular weight excluding hydrogens is 452 g/mol. The number of para-hydroxylation sites is 2. The smallest absolute Gasteiger partial charge is 0.321 e. The van der Waals surface area contributed by atoms with Gasteiger partial charge in [0.15, 0.2) is 5.78 Å². The maximum atomic E-state index is 11.5. The summed E-state index contributed by atoms with van der Waals surface area (Å²) in [5, 5.41) is 15.8. The monoisotopic (exact) mass is 484 g/mol. The van der Waals surface area contributed by atoms with E-state index in [1.165, 1.54) is 6.92 Å². The highest BCUT2D eigenvalue weighted by atomic mass is 16.4. The summed E-state index contributed by atoms with van der Waals surface area (Å²) in [6.07, 6.45) is 7.39. The van der Waals surface area contributed by atoms with E-state index in [1.807, 2.05) is 60.8 Å². The fourth-order valence-corrected chi connectivity index (χ4v) is 4.46. The number of carboxylic acid groups (broad SMARTS) is 1. The molecule has 3 heterocycles. The molecule has 0 amide bonds. The van der Waals surface area contributed by atoms with E-state index < -0.39 is 12.0 Å². The van der Waals surface area contributed by atoms with Gasteiger partial charge in [-0.15, -0.1) is 0 Å². The van der Waals surface area contributed by atoms with Crippen LogP contribution in [0.25, 0.3) is 32.7 Å². The minimum Gasteiger partial charge on any atom is -0.480 e. The Balaban J connectivity index is 0.000000173. The van der Waals surface area contributed by atoms with Gasteiger partial charge in [0.25, 0.3) is 0 Å². The summed E-state index contributed by atoms with van der Waals surface area (Å²) in [7, 11) is 0. The number of rotatable bonds is 9. The Morgan fingerprint density at radius 1 is 0.972 bits per heavy atom. The molecule has 186 valence electrons. The average Bonchev–Trinajstić information content (AvgIpc) is 3.47. The molecule has 0 bridgehead atoms. The number of carbonyl (C=O) groups is 2. The predicted octanol–water partition coefficient (Wildman–Crippen LogP) is 5.86. The SMILES string of the molecule is CC(=O)c1nccc2c1[nH]c1ccccc12.CCCCCNC(Cc1c[nH]c2ccccc12)C(=O)O. The summed E-state index contributed by atoms with van der Waals surface area (Å²) in [4.78, 5) is 33.4. The van der Waals surface area contributed by atoms with E-state index in [-0.39, 0.29) is 5.78 Å². The number of hydrogen-bond donors (Lipinski definition) is 4. The zero-order valence-electron chi connectivity index (χ0n) is 20.7. The van der Waals surface area contributed by atoms with Crippen molar-refractivity contribution in [1.29, 1.82) is 0 Å². The third-order valence-electron chi connectivity index (χ3n) is 6.33. The van der Waals surface area contributed by atoms with Gasteiger partial charge in [0, 0.05) is 52.9 Å². The first-order chi connectivity index (χ1) is 17.5. The fourth-order valence-electron chi connectivity index (χ4n) is 4.46. The molecule has 3 aromatic heterocycles. The highest BCUT2D eigenvalue weighted by molar-refractivity contribution is 6.13. The molecule has 1 atom stereocenters. The van der Waals surface area contributed by atoms with Crippen molar-refractivity contribution >= 4 is 44.5 Å². The largest absolute Gasteiger partial charge is 0.480 e. The van der Waals surface area contributed by atoms with Crippen LogP contribution in [0.2, 0.25) is 0 Å². The Hall–Kier alpha value is -3.97. The van der Waals surface area contributed by atoms with Crippen molar-refractivity contribution in [2.75, 3.05) is 6.54 Å². The van der Waals surface area contributed by atoms with Crippen LogP contribution in [0, 0.1) is 0 Å². The van der Waals surface area contributed by atoms with Crippen LogP contribution in [0.1, 0.15) is 49.2 Å². The number of H-pyrrole nitrogens is 2. The number of benzene rings is 2. The lowest BCUT2D eigenvalue weighted by atomic mass is 10.0. The molecular formula is C29H32N4O3. The normalized spacial score (nSPS) is 11.9. The van der Waals surface area contributed by atoms with Crippen LogP contribution in [-0.2, 0) is 11.2 Å². The number of aromatic amines is 2. The molecule has 1 unspecified atom stereocenters. The van der Waals surface area contributed by atoms with Gasteiger partial charge < -0.3 is 20.4 Å². The number of hydrogen-bond acceptors (Lipinski definition) is 4. The lowest BCUT2D eigenvalue weighted by Crippen LogP contribution is -2.39. The Morgan fingerprint density at radius 2 is 1.69 bits per heavy atom. The number of aliphatic carboxylic acids is 1. The second-order valence-corrected chi connectivity index (χ2v) is 8.92. The van der Waals surface area contributed by atoms with Crippen LogP contribution >= 0.6 is 0 Å². The second-order valence-electron chi connectivity index (χ2n) is 8.92. The molecule has 0 radical (unpaired) electrons. The third kappa shape index (κ3) is 5.63. The molecule has 4 N–H and O–H groups in total. The van der Waals surface area contributed by atoms with Crippen molar-refractivity contribution in [2.45, 2.75) is 45.6 Å². The number of aromatic nitrogens is 3. The number of Topliss-reactive ketones (excluding diaryl/α,β-unsaturated/α-hetero) is 1. The summed E-state index contributed by atoms with van der Waals surface area (Å²) in [6, 6.07) is 17.4. The Labute approximate surface area is 209 Å². The summed E-state index contributed by atoms with van der Waals surface area (Å²) in [5.74, 6) is -0.802. The van der Waals surface area contributed by atoms with Gasteiger partial charge in [-0.25, -0.2) is 0 Å². The van der Waals surface area contributed by atoms with Crippen LogP contribution in [0.4, 0.5) is 0 Å². The number of unbranched alkanes of at least 4 members (excludes halogenated alkanes) is 2. The van der Waals surface area contributed by atoms with Crippen LogP contribution < -0.4 is 5.32 Å². The zero-order chi connectivity index (χ0) is 25.5. The molecule has 2 aromatic carbocycles. The number of nitrogens with zero attached hydrogens (tertiary/aromatic N) is 1. The van der Waals surface area contributed by atoms with E-state index >= 15 is 0 Å². The number of ketones is 1. The summed E-state index contributed by atoms with van der Waals surface area (Å²) >= 11 is 0. The number of fused-ring (bicyclic) bond motifs is 4. The van der Waals surface area contributed by atoms with Gasteiger partial charge >= 0.3 is 5.97 Å².